The SMILES string of the molecule is Cc1cc(N=Cc2c(O)[nH]c3cc(F)ccc23)ccc1N1CCC(N(C)C)C1. The van der Waals surface area contributed by atoms with Gasteiger partial charge in [-0.05, 0) is 69.4 Å². The molecule has 1 unspecified atom stereocenters. The highest BCUT2D eigenvalue weighted by Gasteiger charge is 2.24. The number of aromatic hydroxyl groups is 1. The van der Waals surface area contributed by atoms with E-state index in [2.05, 4.69) is 52.9 Å². The fourth-order valence-corrected chi connectivity index (χ4v) is 3.90. The lowest BCUT2D eigenvalue weighted by Gasteiger charge is -2.23. The molecular formula is C22H25FN4O. The van der Waals surface area contributed by atoms with Gasteiger partial charge in [0.15, 0.2) is 5.88 Å². The van der Waals surface area contributed by atoms with E-state index < -0.39 is 0 Å². The van der Waals surface area contributed by atoms with Gasteiger partial charge in [-0.3, -0.25) is 4.99 Å². The Bertz CT molecular complexity index is 1040. The van der Waals surface area contributed by atoms with E-state index in [0.29, 0.717) is 17.1 Å². The number of anilines is 1. The third kappa shape index (κ3) is 3.47. The molecule has 146 valence electrons. The van der Waals surface area contributed by atoms with Crippen molar-refractivity contribution in [2.75, 3.05) is 32.1 Å². The highest BCUT2D eigenvalue weighted by atomic mass is 19.1. The molecule has 1 atom stereocenters. The van der Waals surface area contributed by atoms with Crippen molar-refractivity contribution >= 4 is 28.5 Å². The van der Waals surface area contributed by atoms with Crippen molar-refractivity contribution in [1.29, 1.82) is 0 Å². The zero-order valence-electron chi connectivity index (χ0n) is 16.4. The van der Waals surface area contributed by atoms with E-state index in [1.807, 2.05) is 6.07 Å². The number of aryl methyl sites for hydroxylation is 1. The van der Waals surface area contributed by atoms with Crippen LogP contribution in [0.15, 0.2) is 41.4 Å². The lowest BCUT2D eigenvalue weighted by molar-refractivity contribution is 0.315. The zero-order valence-corrected chi connectivity index (χ0v) is 16.4. The highest BCUT2D eigenvalue weighted by molar-refractivity contribution is 6.02. The van der Waals surface area contributed by atoms with E-state index in [0.717, 1.165) is 24.2 Å². The first-order valence-corrected chi connectivity index (χ1v) is 9.48. The molecule has 1 aliphatic rings. The van der Waals surface area contributed by atoms with Crippen molar-refractivity contribution in [2.45, 2.75) is 19.4 Å². The van der Waals surface area contributed by atoms with Crippen LogP contribution in [0.3, 0.4) is 0 Å². The van der Waals surface area contributed by atoms with Crippen LogP contribution in [0.25, 0.3) is 10.9 Å². The standard InChI is InChI=1S/C22H25FN4O/c1-14-10-16(5-7-21(14)27-9-8-17(13-27)26(2)3)24-12-19-18-6-4-15(23)11-20(18)25-22(19)28/h4-7,10-12,17,25,28H,8-9,13H2,1-3H3. The molecule has 0 amide bonds. The summed E-state index contributed by atoms with van der Waals surface area (Å²) in [5, 5.41) is 10.9. The summed E-state index contributed by atoms with van der Waals surface area (Å²) in [7, 11) is 4.26. The first-order valence-electron chi connectivity index (χ1n) is 9.48. The molecule has 0 aliphatic carbocycles. The van der Waals surface area contributed by atoms with Crippen LogP contribution in [0.2, 0.25) is 0 Å². The second kappa shape index (κ2) is 7.28. The van der Waals surface area contributed by atoms with Crippen LogP contribution in [0.4, 0.5) is 15.8 Å². The summed E-state index contributed by atoms with van der Waals surface area (Å²) in [5.74, 6) is -0.355. The maximum absolute atomic E-state index is 13.4. The van der Waals surface area contributed by atoms with Crippen LogP contribution >= 0.6 is 0 Å². The Morgan fingerprint density at radius 1 is 1.25 bits per heavy atom. The third-order valence-electron chi connectivity index (χ3n) is 5.54. The van der Waals surface area contributed by atoms with Gasteiger partial charge in [0.05, 0.1) is 16.8 Å². The maximum Gasteiger partial charge on any atom is 0.198 e. The van der Waals surface area contributed by atoms with Gasteiger partial charge in [-0.2, -0.15) is 0 Å². The molecule has 1 fully saturated rings. The number of likely N-dealkylation sites (N-methyl/N-ethyl adjacent to an activating group) is 1. The van der Waals surface area contributed by atoms with Gasteiger partial charge in [0.25, 0.3) is 0 Å². The number of aromatic nitrogens is 1. The van der Waals surface area contributed by atoms with Crippen molar-refractivity contribution in [3.05, 3.63) is 53.3 Å². The van der Waals surface area contributed by atoms with Gasteiger partial charge in [-0.25, -0.2) is 4.39 Å². The van der Waals surface area contributed by atoms with E-state index in [4.69, 9.17) is 0 Å². The second-order valence-electron chi connectivity index (χ2n) is 7.66. The van der Waals surface area contributed by atoms with Crippen LogP contribution in [-0.2, 0) is 0 Å². The van der Waals surface area contributed by atoms with Gasteiger partial charge in [0, 0.05) is 36.4 Å². The van der Waals surface area contributed by atoms with Gasteiger partial charge in [-0.15, -0.1) is 0 Å². The summed E-state index contributed by atoms with van der Waals surface area (Å²) in [6.45, 7) is 4.20. The summed E-state index contributed by atoms with van der Waals surface area (Å²) in [6.07, 6.45) is 2.80. The van der Waals surface area contributed by atoms with E-state index in [-0.39, 0.29) is 11.7 Å². The summed E-state index contributed by atoms with van der Waals surface area (Å²) in [6, 6.07) is 11.1. The molecule has 2 N–H and O–H groups in total. The number of hydrogen-bond acceptors (Lipinski definition) is 4. The normalized spacial score (nSPS) is 17.5. The Hall–Kier alpha value is -2.86. The largest absolute Gasteiger partial charge is 0.494 e. The average molecular weight is 380 g/mol. The second-order valence-corrected chi connectivity index (χ2v) is 7.66. The monoisotopic (exact) mass is 380 g/mol. The number of nitrogens with one attached hydrogen (secondary N) is 1. The van der Waals surface area contributed by atoms with E-state index in [1.54, 1.807) is 12.3 Å². The molecule has 0 radical (unpaired) electrons. The molecule has 0 bridgehead atoms. The fourth-order valence-electron chi connectivity index (χ4n) is 3.90. The van der Waals surface area contributed by atoms with Crippen LogP contribution in [0.5, 0.6) is 5.88 Å². The van der Waals surface area contributed by atoms with E-state index in [1.165, 1.54) is 29.8 Å². The number of aromatic amines is 1. The number of fused-ring (bicyclic) bond motifs is 1. The van der Waals surface area contributed by atoms with Gasteiger partial charge < -0.3 is 19.9 Å². The predicted molar refractivity (Wildman–Crippen MR) is 113 cm³/mol. The topological polar surface area (TPSA) is 54.9 Å². The molecule has 4 rings (SSSR count). The Balaban J connectivity index is 1.57. The lowest BCUT2D eigenvalue weighted by atomic mass is 10.1. The molecule has 1 aliphatic heterocycles. The number of aliphatic imine (C=N–C) groups is 1. The van der Waals surface area contributed by atoms with Gasteiger partial charge in [0.1, 0.15) is 5.82 Å². The lowest BCUT2D eigenvalue weighted by Crippen LogP contribution is -2.31. The summed E-state index contributed by atoms with van der Waals surface area (Å²) >= 11 is 0. The van der Waals surface area contributed by atoms with Crippen LogP contribution in [0, 0.1) is 12.7 Å². The molecule has 2 heterocycles. The minimum Gasteiger partial charge on any atom is -0.494 e. The molecule has 6 heteroatoms. The van der Waals surface area contributed by atoms with Crippen molar-refractivity contribution in [3.8, 4) is 5.88 Å². The summed E-state index contributed by atoms with van der Waals surface area (Å²) in [5.41, 5.74) is 4.36. The average Bonchev–Trinajstić information content (AvgIpc) is 3.24. The van der Waals surface area contributed by atoms with Gasteiger partial charge in [-0.1, -0.05) is 0 Å². The van der Waals surface area contributed by atoms with Crippen LogP contribution in [-0.4, -0.2) is 54.4 Å². The molecule has 28 heavy (non-hydrogen) atoms. The summed E-state index contributed by atoms with van der Waals surface area (Å²) < 4.78 is 13.4. The number of rotatable bonds is 4. The Morgan fingerprint density at radius 2 is 2.07 bits per heavy atom. The minimum absolute atomic E-state index is 0.00974. The molecule has 0 spiro atoms. The number of hydrogen-bond donors (Lipinski definition) is 2. The molecule has 1 saturated heterocycles. The molecule has 2 aromatic carbocycles. The van der Waals surface area contributed by atoms with Crippen molar-refractivity contribution in [2.24, 2.45) is 4.99 Å². The molecule has 1 aromatic heterocycles. The number of halogens is 1. The first-order chi connectivity index (χ1) is 13.4. The molecule has 0 saturated carbocycles. The van der Waals surface area contributed by atoms with Crippen LogP contribution < -0.4 is 4.90 Å². The van der Waals surface area contributed by atoms with Crippen LogP contribution in [0.1, 0.15) is 17.5 Å². The third-order valence-corrected chi connectivity index (χ3v) is 5.54. The zero-order chi connectivity index (χ0) is 19.8. The fraction of sp³-hybridized carbons (Fsp3) is 0.318. The highest BCUT2D eigenvalue weighted by Crippen LogP contribution is 2.30. The van der Waals surface area contributed by atoms with Crippen molar-refractivity contribution in [1.82, 2.24) is 9.88 Å². The Morgan fingerprint density at radius 3 is 2.79 bits per heavy atom. The smallest absolute Gasteiger partial charge is 0.198 e. The Labute approximate surface area is 164 Å². The summed E-state index contributed by atoms with van der Waals surface area (Å²) in [4.78, 5) is 12.0. The number of H-pyrrole nitrogens is 1. The molecule has 3 aromatic rings. The molecule has 5 nitrogen and oxygen atoms in total. The minimum atomic E-state index is -0.345. The van der Waals surface area contributed by atoms with E-state index >= 15 is 0 Å². The predicted octanol–water partition coefficient (Wildman–Crippen LogP) is 4.21. The Kier molecular flexibility index (Phi) is 4.81. The maximum atomic E-state index is 13.4. The number of benzene rings is 2. The van der Waals surface area contributed by atoms with Crippen molar-refractivity contribution < 1.29 is 9.50 Å². The van der Waals surface area contributed by atoms with Crippen molar-refractivity contribution in [3.63, 3.8) is 0 Å². The number of nitrogens with zero attached hydrogens (tertiary/aromatic N) is 3. The molecular weight excluding hydrogens is 355 g/mol. The van der Waals surface area contributed by atoms with Gasteiger partial charge >= 0.3 is 0 Å². The first kappa shape index (κ1) is 18.5. The van der Waals surface area contributed by atoms with Gasteiger partial charge in [0.2, 0.25) is 0 Å². The van der Waals surface area contributed by atoms with E-state index in [9.17, 15) is 9.50 Å². The quantitative estimate of drug-likeness (QED) is 0.667.